The Hall–Kier alpha value is -0.910. The van der Waals surface area contributed by atoms with Crippen molar-refractivity contribution in [3.05, 3.63) is 21.4 Å². The maximum absolute atomic E-state index is 12.0. The fourth-order valence-electron chi connectivity index (χ4n) is 2.89. The molecule has 3 rings (SSSR count). The summed E-state index contributed by atoms with van der Waals surface area (Å²) >= 11 is 1.66. The Balaban J connectivity index is 1.29. The standard InChI is InChI=1S/C16H23NO3S/c18-16(15-10-12-4-1-6-14(12)21-15)17-7-3-8-19-11-13-5-2-9-20-13/h10,13H,1-9,11H2,(H,17,18). The minimum atomic E-state index is 0.0635. The Labute approximate surface area is 129 Å². The van der Waals surface area contributed by atoms with Crippen LogP contribution in [0.2, 0.25) is 0 Å². The zero-order chi connectivity index (χ0) is 14.5. The van der Waals surface area contributed by atoms with Crippen LogP contribution in [0.5, 0.6) is 0 Å². The summed E-state index contributed by atoms with van der Waals surface area (Å²) < 4.78 is 11.1. The third kappa shape index (κ3) is 4.05. The summed E-state index contributed by atoms with van der Waals surface area (Å²) in [5.41, 5.74) is 1.38. The molecule has 21 heavy (non-hydrogen) atoms. The van der Waals surface area contributed by atoms with Crippen LogP contribution in [0.4, 0.5) is 0 Å². The first kappa shape index (κ1) is 15.0. The molecule has 1 aliphatic heterocycles. The lowest BCUT2D eigenvalue weighted by atomic mass is 10.2. The minimum Gasteiger partial charge on any atom is -0.379 e. The van der Waals surface area contributed by atoms with Gasteiger partial charge >= 0.3 is 0 Å². The van der Waals surface area contributed by atoms with E-state index in [1.54, 1.807) is 11.3 Å². The molecule has 1 saturated heterocycles. The molecule has 0 radical (unpaired) electrons. The molecular weight excluding hydrogens is 286 g/mol. The average Bonchev–Trinajstić information content (AvgIpc) is 3.17. The molecule has 116 valence electrons. The first-order valence-electron chi connectivity index (χ1n) is 7.92. The summed E-state index contributed by atoms with van der Waals surface area (Å²) in [5, 5.41) is 2.98. The van der Waals surface area contributed by atoms with Crippen molar-refractivity contribution in [2.24, 2.45) is 0 Å². The first-order valence-corrected chi connectivity index (χ1v) is 8.74. The highest BCUT2D eigenvalue weighted by Crippen LogP contribution is 2.30. The Bertz CT molecular complexity index is 458. The van der Waals surface area contributed by atoms with Crippen molar-refractivity contribution < 1.29 is 14.3 Å². The van der Waals surface area contributed by atoms with Gasteiger partial charge in [0.05, 0.1) is 17.6 Å². The zero-order valence-electron chi connectivity index (χ0n) is 12.4. The second kappa shape index (κ2) is 7.38. The van der Waals surface area contributed by atoms with E-state index in [0.29, 0.717) is 19.8 Å². The van der Waals surface area contributed by atoms with Gasteiger partial charge in [-0.1, -0.05) is 0 Å². The van der Waals surface area contributed by atoms with Gasteiger partial charge in [-0.25, -0.2) is 0 Å². The van der Waals surface area contributed by atoms with E-state index in [-0.39, 0.29) is 12.0 Å². The van der Waals surface area contributed by atoms with Crippen LogP contribution >= 0.6 is 11.3 Å². The van der Waals surface area contributed by atoms with Crippen molar-refractivity contribution >= 4 is 17.2 Å². The molecule has 1 aliphatic carbocycles. The average molecular weight is 309 g/mol. The van der Waals surface area contributed by atoms with Crippen LogP contribution in [0.3, 0.4) is 0 Å². The lowest BCUT2D eigenvalue weighted by Gasteiger charge is -2.10. The first-order chi connectivity index (χ1) is 10.3. The van der Waals surface area contributed by atoms with Crippen molar-refractivity contribution in [1.29, 1.82) is 0 Å². The molecule has 1 N–H and O–H groups in total. The summed E-state index contributed by atoms with van der Waals surface area (Å²) in [4.78, 5) is 14.3. The van der Waals surface area contributed by atoms with Gasteiger partial charge in [0.1, 0.15) is 0 Å². The summed E-state index contributed by atoms with van der Waals surface area (Å²) in [6.45, 7) is 2.91. The van der Waals surface area contributed by atoms with E-state index in [1.165, 1.54) is 16.9 Å². The molecule has 5 heteroatoms. The molecule has 0 bridgehead atoms. The van der Waals surface area contributed by atoms with Gasteiger partial charge in [-0.3, -0.25) is 4.79 Å². The number of rotatable bonds is 7. The van der Waals surface area contributed by atoms with Crippen LogP contribution in [-0.2, 0) is 22.3 Å². The molecular formula is C16H23NO3S. The molecule has 0 aromatic carbocycles. The highest BCUT2D eigenvalue weighted by atomic mass is 32.1. The molecule has 0 spiro atoms. The van der Waals surface area contributed by atoms with Gasteiger partial charge in [-0.15, -0.1) is 11.3 Å². The van der Waals surface area contributed by atoms with E-state index in [2.05, 4.69) is 11.4 Å². The molecule has 0 saturated carbocycles. The fourth-order valence-corrected chi connectivity index (χ4v) is 4.06. The van der Waals surface area contributed by atoms with Crippen LogP contribution < -0.4 is 5.32 Å². The number of carbonyl (C=O) groups excluding carboxylic acids is 1. The summed E-state index contributed by atoms with van der Waals surface area (Å²) in [6.07, 6.45) is 6.91. The summed E-state index contributed by atoms with van der Waals surface area (Å²) in [7, 11) is 0. The van der Waals surface area contributed by atoms with Gasteiger partial charge in [-0.05, 0) is 50.2 Å². The van der Waals surface area contributed by atoms with Crippen molar-refractivity contribution in [2.45, 2.75) is 44.6 Å². The van der Waals surface area contributed by atoms with Crippen LogP contribution in [-0.4, -0.2) is 38.4 Å². The minimum absolute atomic E-state index is 0.0635. The molecule has 2 aliphatic rings. The fraction of sp³-hybridized carbons (Fsp3) is 0.688. The van der Waals surface area contributed by atoms with Crippen LogP contribution in [0.1, 0.15) is 45.8 Å². The molecule has 1 amide bonds. The van der Waals surface area contributed by atoms with Gasteiger partial charge in [0, 0.05) is 24.6 Å². The van der Waals surface area contributed by atoms with Gasteiger partial charge in [0.25, 0.3) is 5.91 Å². The highest BCUT2D eigenvalue weighted by molar-refractivity contribution is 7.14. The highest BCUT2D eigenvalue weighted by Gasteiger charge is 2.18. The van der Waals surface area contributed by atoms with Crippen molar-refractivity contribution in [3.8, 4) is 0 Å². The van der Waals surface area contributed by atoms with Gasteiger partial charge < -0.3 is 14.8 Å². The van der Waals surface area contributed by atoms with Gasteiger partial charge in [-0.2, -0.15) is 0 Å². The molecule has 1 fully saturated rings. The van der Waals surface area contributed by atoms with Crippen molar-refractivity contribution in [2.75, 3.05) is 26.4 Å². The number of hydrogen-bond donors (Lipinski definition) is 1. The molecule has 1 unspecified atom stereocenters. The second-order valence-electron chi connectivity index (χ2n) is 5.73. The smallest absolute Gasteiger partial charge is 0.261 e. The zero-order valence-corrected chi connectivity index (χ0v) is 13.2. The number of amides is 1. The number of carbonyl (C=O) groups is 1. The van der Waals surface area contributed by atoms with E-state index in [9.17, 15) is 4.79 Å². The third-order valence-electron chi connectivity index (χ3n) is 4.05. The monoisotopic (exact) mass is 309 g/mol. The van der Waals surface area contributed by atoms with E-state index < -0.39 is 0 Å². The number of hydrogen-bond acceptors (Lipinski definition) is 4. The van der Waals surface area contributed by atoms with Crippen LogP contribution in [0.15, 0.2) is 6.07 Å². The summed E-state index contributed by atoms with van der Waals surface area (Å²) in [6, 6.07) is 2.07. The van der Waals surface area contributed by atoms with Crippen molar-refractivity contribution in [1.82, 2.24) is 5.32 Å². The van der Waals surface area contributed by atoms with E-state index in [4.69, 9.17) is 9.47 Å². The second-order valence-corrected chi connectivity index (χ2v) is 6.87. The van der Waals surface area contributed by atoms with Gasteiger partial charge in [0.2, 0.25) is 0 Å². The maximum Gasteiger partial charge on any atom is 0.261 e. The maximum atomic E-state index is 12.0. The SMILES string of the molecule is O=C(NCCCOCC1CCCO1)c1cc2c(s1)CCC2. The Morgan fingerprint density at radius 2 is 2.38 bits per heavy atom. The van der Waals surface area contributed by atoms with Crippen molar-refractivity contribution in [3.63, 3.8) is 0 Å². The molecule has 1 atom stereocenters. The lowest BCUT2D eigenvalue weighted by molar-refractivity contribution is 0.0166. The molecule has 4 nitrogen and oxygen atoms in total. The molecule has 2 heterocycles. The normalized spacial score (nSPS) is 20.7. The van der Waals surface area contributed by atoms with E-state index in [1.807, 2.05) is 0 Å². The van der Waals surface area contributed by atoms with Crippen LogP contribution in [0, 0.1) is 0 Å². The van der Waals surface area contributed by atoms with Crippen LogP contribution in [0.25, 0.3) is 0 Å². The van der Waals surface area contributed by atoms with E-state index >= 15 is 0 Å². The molecule has 1 aromatic heterocycles. The number of nitrogens with one attached hydrogen (secondary N) is 1. The summed E-state index contributed by atoms with van der Waals surface area (Å²) in [5.74, 6) is 0.0635. The Morgan fingerprint density at radius 3 is 3.19 bits per heavy atom. The predicted molar refractivity (Wildman–Crippen MR) is 83.1 cm³/mol. The van der Waals surface area contributed by atoms with E-state index in [0.717, 1.165) is 43.6 Å². The predicted octanol–water partition coefficient (Wildman–Crippen LogP) is 2.55. The number of fused-ring (bicyclic) bond motifs is 1. The number of aryl methyl sites for hydroxylation is 2. The largest absolute Gasteiger partial charge is 0.379 e. The third-order valence-corrected chi connectivity index (χ3v) is 5.28. The lowest BCUT2D eigenvalue weighted by Crippen LogP contribution is -2.25. The Kier molecular flexibility index (Phi) is 5.27. The molecule has 1 aromatic rings. The topological polar surface area (TPSA) is 47.6 Å². The quantitative estimate of drug-likeness (QED) is 0.788. The number of thiophene rings is 1. The van der Waals surface area contributed by atoms with Gasteiger partial charge in [0.15, 0.2) is 0 Å². The Morgan fingerprint density at radius 1 is 1.43 bits per heavy atom. The number of ether oxygens (including phenoxy) is 2.